The summed E-state index contributed by atoms with van der Waals surface area (Å²) in [5.41, 5.74) is 0. The first-order valence-electron chi connectivity index (χ1n) is 28.4. The van der Waals surface area contributed by atoms with E-state index in [9.17, 15) is 14.4 Å². The molecule has 0 amide bonds. The summed E-state index contributed by atoms with van der Waals surface area (Å²) in [4.78, 5) is 38.1. The van der Waals surface area contributed by atoms with Crippen LogP contribution in [-0.2, 0) is 28.6 Å². The second-order valence-electron chi connectivity index (χ2n) is 18.8. The van der Waals surface area contributed by atoms with Crippen molar-refractivity contribution in [1.29, 1.82) is 0 Å². The second kappa shape index (κ2) is 55.4. The lowest BCUT2D eigenvalue weighted by Gasteiger charge is -2.18. The highest BCUT2D eigenvalue weighted by Crippen LogP contribution is 2.15. The van der Waals surface area contributed by atoms with Crippen molar-refractivity contribution < 1.29 is 28.6 Å². The summed E-state index contributed by atoms with van der Waals surface area (Å²) in [5, 5.41) is 0. The Morgan fingerprint density at radius 2 is 0.597 bits per heavy atom. The Hall–Kier alpha value is -3.15. The fourth-order valence-corrected chi connectivity index (χ4v) is 7.94. The molecule has 0 fully saturated rings. The summed E-state index contributed by atoms with van der Waals surface area (Å²) in [5.74, 6) is -0.951. The average Bonchev–Trinajstić information content (AvgIpc) is 3.33. The summed E-state index contributed by atoms with van der Waals surface area (Å²) < 4.78 is 16.8. The van der Waals surface area contributed by atoms with Gasteiger partial charge in [0.25, 0.3) is 0 Å². The monoisotopic (exact) mass is 935 g/mol. The van der Waals surface area contributed by atoms with E-state index in [0.717, 1.165) is 77.0 Å². The summed E-state index contributed by atoms with van der Waals surface area (Å²) in [6, 6.07) is 0. The molecule has 67 heavy (non-hydrogen) atoms. The van der Waals surface area contributed by atoms with Crippen molar-refractivity contribution in [2.45, 2.75) is 284 Å². The van der Waals surface area contributed by atoms with E-state index in [1.165, 1.54) is 154 Å². The van der Waals surface area contributed by atoms with E-state index in [-0.39, 0.29) is 37.5 Å². The molecular formula is C61H106O6. The molecule has 0 aliphatic heterocycles. The highest BCUT2D eigenvalue weighted by atomic mass is 16.6. The van der Waals surface area contributed by atoms with Crippen molar-refractivity contribution in [2.75, 3.05) is 13.2 Å². The first-order chi connectivity index (χ1) is 33.0. The lowest BCUT2D eigenvalue weighted by Crippen LogP contribution is -2.30. The number of unbranched alkanes of at least 4 members (excludes halogenated alkanes) is 28. The molecule has 0 N–H and O–H groups in total. The van der Waals surface area contributed by atoms with Gasteiger partial charge in [-0.1, -0.05) is 248 Å². The third-order valence-corrected chi connectivity index (χ3v) is 12.2. The van der Waals surface area contributed by atoms with Gasteiger partial charge in [-0.15, -0.1) is 0 Å². The normalized spacial score (nSPS) is 12.6. The summed E-state index contributed by atoms with van der Waals surface area (Å²) in [7, 11) is 0. The van der Waals surface area contributed by atoms with Gasteiger partial charge < -0.3 is 14.2 Å². The van der Waals surface area contributed by atoms with Gasteiger partial charge in [-0.05, 0) is 83.5 Å². The molecule has 0 radical (unpaired) electrons. The summed E-state index contributed by atoms with van der Waals surface area (Å²) in [6.45, 7) is 6.49. The van der Waals surface area contributed by atoms with Crippen LogP contribution in [0.1, 0.15) is 278 Å². The van der Waals surface area contributed by atoms with Crippen molar-refractivity contribution in [3.8, 4) is 0 Å². The van der Waals surface area contributed by atoms with Crippen molar-refractivity contribution in [2.24, 2.45) is 0 Å². The standard InChI is InChI=1S/C61H106O6/c1-4-7-10-13-16-19-22-24-26-28-29-30-31-33-34-36-39-42-45-48-51-54-60(63)66-57-58(56-65-59(62)53-50-47-44-41-38-21-18-15-12-9-6-3)67-61(64)55-52-49-46-43-40-37-35-32-27-25-23-20-17-14-11-8-5-2/h8,11,17,20,25,27-29,35,37,43,46,58H,4-7,9-10,12-16,18-19,21-24,26,30-34,36,38-42,44-45,47-57H2,1-3H3/b11-8-,20-17-,27-25-,29-28-,37-35-,46-43-. The predicted octanol–water partition coefficient (Wildman–Crippen LogP) is 19.0. The van der Waals surface area contributed by atoms with Crippen LogP contribution in [0.4, 0.5) is 0 Å². The zero-order valence-electron chi connectivity index (χ0n) is 44.2. The molecule has 0 saturated carbocycles. The number of carbonyl (C=O) groups is 3. The van der Waals surface area contributed by atoms with Crippen LogP contribution in [0, 0.1) is 0 Å². The molecule has 0 aliphatic carbocycles. The molecule has 386 valence electrons. The molecule has 0 aromatic rings. The van der Waals surface area contributed by atoms with E-state index < -0.39 is 6.10 Å². The Morgan fingerprint density at radius 3 is 0.970 bits per heavy atom. The van der Waals surface area contributed by atoms with Crippen molar-refractivity contribution in [1.82, 2.24) is 0 Å². The zero-order chi connectivity index (χ0) is 48.6. The van der Waals surface area contributed by atoms with E-state index in [2.05, 4.69) is 93.7 Å². The van der Waals surface area contributed by atoms with Crippen LogP contribution in [0.15, 0.2) is 72.9 Å². The number of rotatable bonds is 51. The van der Waals surface area contributed by atoms with Crippen LogP contribution in [0.3, 0.4) is 0 Å². The first-order valence-corrected chi connectivity index (χ1v) is 28.4. The van der Waals surface area contributed by atoms with Gasteiger partial charge in [-0.3, -0.25) is 14.4 Å². The topological polar surface area (TPSA) is 78.9 Å². The molecule has 0 aromatic carbocycles. The molecule has 0 heterocycles. The predicted molar refractivity (Wildman–Crippen MR) is 288 cm³/mol. The molecule has 0 spiro atoms. The smallest absolute Gasteiger partial charge is 0.306 e. The van der Waals surface area contributed by atoms with Gasteiger partial charge in [0.1, 0.15) is 13.2 Å². The van der Waals surface area contributed by atoms with Gasteiger partial charge in [0.05, 0.1) is 0 Å². The van der Waals surface area contributed by atoms with E-state index in [1.54, 1.807) is 0 Å². The van der Waals surface area contributed by atoms with E-state index in [4.69, 9.17) is 14.2 Å². The van der Waals surface area contributed by atoms with Gasteiger partial charge in [0.15, 0.2) is 6.10 Å². The number of hydrogen-bond donors (Lipinski definition) is 0. The molecule has 0 saturated heterocycles. The highest BCUT2D eigenvalue weighted by Gasteiger charge is 2.19. The van der Waals surface area contributed by atoms with Crippen LogP contribution in [0.5, 0.6) is 0 Å². The Labute approximate surface area is 414 Å². The van der Waals surface area contributed by atoms with Gasteiger partial charge in [0.2, 0.25) is 0 Å². The maximum atomic E-state index is 12.8. The van der Waals surface area contributed by atoms with Gasteiger partial charge in [-0.25, -0.2) is 0 Å². The molecule has 0 aromatic heterocycles. The molecule has 1 atom stereocenters. The number of carbonyl (C=O) groups excluding carboxylic acids is 3. The minimum absolute atomic E-state index is 0.0965. The fourth-order valence-electron chi connectivity index (χ4n) is 7.94. The van der Waals surface area contributed by atoms with Crippen LogP contribution >= 0.6 is 0 Å². The Morgan fingerprint density at radius 1 is 0.313 bits per heavy atom. The first kappa shape index (κ1) is 63.8. The van der Waals surface area contributed by atoms with Crippen LogP contribution in [-0.4, -0.2) is 37.2 Å². The largest absolute Gasteiger partial charge is 0.462 e. The minimum Gasteiger partial charge on any atom is -0.462 e. The van der Waals surface area contributed by atoms with E-state index in [1.807, 2.05) is 0 Å². The molecule has 6 nitrogen and oxygen atoms in total. The van der Waals surface area contributed by atoms with Gasteiger partial charge in [-0.2, -0.15) is 0 Å². The molecule has 0 aliphatic rings. The zero-order valence-corrected chi connectivity index (χ0v) is 44.2. The Kier molecular flexibility index (Phi) is 52.8. The SMILES string of the molecule is CC/C=C\C/C=C\C/C=C\C/C=C\C/C=C\CCCC(=O)OC(COC(=O)CCCCCCCCCCC/C=C\CCCCCCCCCC)COC(=O)CCCCCCCCCCCCC. The van der Waals surface area contributed by atoms with Crippen molar-refractivity contribution in [3.63, 3.8) is 0 Å². The molecular weight excluding hydrogens is 829 g/mol. The van der Waals surface area contributed by atoms with Crippen LogP contribution in [0.25, 0.3) is 0 Å². The maximum absolute atomic E-state index is 12.8. The Balaban J connectivity index is 4.38. The van der Waals surface area contributed by atoms with Gasteiger partial charge >= 0.3 is 17.9 Å². The fraction of sp³-hybridized carbons (Fsp3) is 0.754. The summed E-state index contributed by atoms with van der Waals surface area (Å²) >= 11 is 0. The van der Waals surface area contributed by atoms with Gasteiger partial charge in [0, 0.05) is 19.3 Å². The summed E-state index contributed by atoms with van der Waals surface area (Å²) in [6.07, 6.45) is 70.5. The third-order valence-electron chi connectivity index (χ3n) is 12.2. The lowest BCUT2D eigenvalue weighted by molar-refractivity contribution is -0.167. The van der Waals surface area contributed by atoms with Crippen LogP contribution in [0.2, 0.25) is 0 Å². The average molecular weight is 936 g/mol. The van der Waals surface area contributed by atoms with Crippen molar-refractivity contribution in [3.05, 3.63) is 72.9 Å². The highest BCUT2D eigenvalue weighted by molar-refractivity contribution is 5.71. The Bertz CT molecular complexity index is 1260. The van der Waals surface area contributed by atoms with E-state index >= 15 is 0 Å². The van der Waals surface area contributed by atoms with Crippen LogP contribution < -0.4 is 0 Å². The number of allylic oxidation sites excluding steroid dienone is 12. The minimum atomic E-state index is -0.804. The lowest BCUT2D eigenvalue weighted by atomic mass is 10.1. The van der Waals surface area contributed by atoms with Crippen molar-refractivity contribution >= 4 is 17.9 Å². The number of esters is 3. The third kappa shape index (κ3) is 53.7. The maximum Gasteiger partial charge on any atom is 0.306 e. The molecule has 1 unspecified atom stereocenters. The molecule has 0 bridgehead atoms. The van der Waals surface area contributed by atoms with E-state index in [0.29, 0.717) is 19.3 Å². The molecule has 6 heteroatoms. The number of ether oxygens (including phenoxy) is 3. The number of hydrogen-bond acceptors (Lipinski definition) is 6. The molecule has 0 rings (SSSR count). The quantitative estimate of drug-likeness (QED) is 0.0262. The second-order valence-corrected chi connectivity index (χ2v) is 18.8.